The van der Waals surface area contributed by atoms with Crippen LogP contribution in [0.15, 0.2) is 34.9 Å². The lowest BCUT2D eigenvalue weighted by molar-refractivity contribution is 0.0922. The number of hydrogen-bond acceptors (Lipinski definition) is 4. The van der Waals surface area contributed by atoms with Gasteiger partial charge in [0.1, 0.15) is 13.2 Å². The number of benzene rings is 1. The molecule has 0 bridgehead atoms. The summed E-state index contributed by atoms with van der Waals surface area (Å²) in [6.45, 7) is 3.37. The third-order valence-corrected chi connectivity index (χ3v) is 3.13. The topological polar surface area (TPSA) is 60.7 Å². The highest BCUT2D eigenvalue weighted by Crippen LogP contribution is 2.30. The first-order valence-electron chi connectivity index (χ1n) is 6.45. The number of aryl methyl sites for hydroxylation is 1. The molecule has 1 amide bonds. The summed E-state index contributed by atoms with van der Waals surface area (Å²) < 4.78 is 16.1. The van der Waals surface area contributed by atoms with Gasteiger partial charge in [-0.3, -0.25) is 4.79 Å². The molecule has 0 fully saturated rings. The molecule has 2 heterocycles. The number of carbonyl (C=O) groups is 1. The quantitative estimate of drug-likeness (QED) is 0.932. The lowest BCUT2D eigenvalue weighted by Crippen LogP contribution is -2.23. The molecule has 104 valence electrons. The Bertz CT molecular complexity index is 633. The molecule has 1 N–H and O–H groups in total. The highest BCUT2D eigenvalue weighted by molar-refractivity contribution is 5.92. The fourth-order valence-corrected chi connectivity index (χ4v) is 2.07. The van der Waals surface area contributed by atoms with Gasteiger partial charge < -0.3 is 19.2 Å². The van der Waals surface area contributed by atoms with E-state index in [1.54, 1.807) is 6.07 Å². The number of rotatable bonds is 3. The predicted molar refractivity (Wildman–Crippen MR) is 72.0 cm³/mol. The normalized spacial score (nSPS) is 13.1. The van der Waals surface area contributed by atoms with E-state index in [1.165, 1.54) is 6.26 Å². The largest absolute Gasteiger partial charge is 0.486 e. The SMILES string of the molecule is Cc1ccoc1C(=O)NCc1ccc2c(c1)OCCO2. The summed E-state index contributed by atoms with van der Waals surface area (Å²) in [7, 11) is 0. The lowest BCUT2D eigenvalue weighted by atomic mass is 10.2. The predicted octanol–water partition coefficient (Wildman–Crippen LogP) is 2.29. The molecule has 0 atom stereocenters. The second kappa shape index (κ2) is 5.28. The Balaban J connectivity index is 1.67. The third-order valence-electron chi connectivity index (χ3n) is 3.13. The van der Waals surface area contributed by atoms with Crippen molar-refractivity contribution in [3.05, 3.63) is 47.4 Å². The van der Waals surface area contributed by atoms with E-state index in [1.807, 2.05) is 25.1 Å². The first-order valence-corrected chi connectivity index (χ1v) is 6.45. The molecule has 1 aliphatic heterocycles. The molecule has 3 rings (SSSR count). The monoisotopic (exact) mass is 273 g/mol. The molecule has 0 saturated carbocycles. The van der Waals surface area contributed by atoms with E-state index in [0.717, 1.165) is 22.6 Å². The summed E-state index contributed by atoms with van der Waals surface area (Å²) >= 11 is 0. The van der Waals surface area contributed by atoms with Crippen LogP contribution in [-0.2, 0) is 6.54 Å². The van der Waals surface area contributed by atoms with Crippen LogP contribution in [0.4, 0.5) is 0 Å². The van der Waals surface area contributed by atoms with E-state index in [0.29, 0.717) is 25.5 Å². The van der Waals surface area contributed by atoms with Crippen molar-refractivity contribution in [1.29, 1.82) is 0 Å². The van der Waals surface area contributed by atoms with Crippen LogP contribution in [0.2, 0.25) is 0 Å². The van der Waals surface area contributed by atoms with E-state index in [2.05, 4.69) is 5.32 Å². The van der Waals surface area contributed by atoms with Crippen LogP contribution in [0.3, 0.4) is 0 Å². The number of carbonyl (C=O) groups excluding carboxylic acids is 1. The van der Waals surface area contributed by atoms with Gasteiger partial charge in [0.25, 0.3) is 5.91 Å². The maximum Gasteiger partial charge on any atom is 0.287 e. The van der Waals surface area contributed by atoms with E-state index in [-0.39, 0.29) is 5.91 Å². The van der Waals surface area contributed by atoms with Crippen molar-refractivity contribution < 1.29 is 18.7 Å². The summed E-state index contributed by atoms with van der Waals surface area (Å²) in [6.07, 6.45) is 1.51. The van der Waals surface area contributed by atoms with Crippen LogP contribution in [0.25, 0.3) is 0 Å². The van der Waals surface area contributed by atoms with Crippen molar-refractivity contribution in [2.75, 3.05) is 13.2 Å². The average Bonchev–Trinajstić information content (AvgIpc) is 2.91. The first-order chi connectivity index (χ1) is 9.74. The summed E-state index contributed by atoms with van der Waals surface area (Å²) in [6, 6.07) is 7.40. The van der Waals surface area contributed by atoms with Crippen molar-refractivity contribution in [3.63, 3.8) is 0 Å². The van der Waals surface area contributed by atoms with Crippen molar-refractivity contribution in [2.45, 2.75) is 13.5 Å². The second-order valence-electron chi connectivity index (χ2n) is 4.59. The number of nitrogens with one attached hydrogen (secondary N) is 1. The molecular formula is C15H15NO4. The minimum Gasteiger partial charge on any atom is -0.486 e. The number of ether oxygens (including phenoxy) is 2. The van der Waals surface area contributed by atoms with Crippen LogP contribution in [0.1, 0.15) is 21.7 Å². The molecular weight excluding hydrogens is 258 g/mol. The molecule has 0 aliphatic carbocycles. The van der Waals surface area contributed by atoms with Gasteiger partial charge in [-0.05, 0) is 30.7 Å². The Morgan fingerprint density at radius 2 is 2.00 bits per heavy atom. The molecule has 20 heavy (non-hydrogen) atoms. The maximum atomic E-state index is 11.9. The molecule has 1 aliphatic rings. The van der Waals surface area contributed by atoms with E-state index < -0.39 is 0 Å². The Morgan fingerprint density at radius 1 is 1.20 bits per heavy atom. The Kier molecular flexibility index (Phi) is 3.33. The smallest absolute Gasteiger partial charge is 0.287 e. The van der Waals surface area contributed by atoms with Crippen LogP contribution in [0, 0.1) is 6.92 Å². The number of amides is 1. The van der Waals surface area contributed by atoms with Gasteiger partial charge in [0, 0.05) is 12.1 Å². The number of furan rings is 1. The van der Waals surface area contributed by atoms with Crippen LogP contribution in [0.5, 0.6) is 11.5 Å². The number of fused-ring (bicyclic) bond motifs is 1. The minimum atomic E-state index is -0.220. The Labute approximate surface area is 116 Å². The first kappa shape index (κ1) is 12.6. The minimum absolute atomic E-state index is 0.220. The van der Waals surface area contributed by atoms with Crippen molar-refractivity contribution in [1.82, 2.24) is 5.32 Å². The van der Waals surface area contributed by atoms with Crippen molar-refractivity contribution in [2.24, 2.45) is 0 Å². The molecule has 0 spiro atoms. The van der Waals surface area contributed by atoms with Gasteiger partial charge >= 0.3 is 0 Å². The Morgan fingerprint density at radius 3 is 2.75 bits per heavy atom. The van der Waals surface area contributed by atoms with Gasteiger partial charge in [0.2, 0.25) is 0 Å². The molecule has 1 aromatic heterocycles. The molecule has 1 aromatic carbocycles. The fourth-order valence-electron chi connectivity index (χ4n) is 2.07. The summed E-state index contributed by atoms with van der Waals surface area (Å²) in [5.41, 5.74) is 1.77. The van der Waals surface area contributed by atoms with Gasteiger partial charge in [-0.15, -0.1) is 0 Å². The molecule has 5 nitrogen and oxygen atoms in total. The highest BCUT2D eigenvalue weighted by Gasteiger charge is 2.14. The maximum absolute atomic E-state index is 11.9. The number of hydrogen-bond donors (Lipinski definition) is 1. The molecule has 0 radical (unpaired) electrons. The summed E-state index contributed by atoms with van der Waals surface area (Å²) in [5, 5.41) is 2.82. The third kappa shape index (κ3) is 2.47. The molecule has 0 saturated heterocycles. The fraction of sp³-hybridized carbons (Fsp3) is 0.267. The second-order valence-corrected chi connectivity index (χ2v) is 4.59. The van der Waals surface area contributed by atoms with E-state index in [9.17, 15) is 4.79 Å². The van der Waals surface area contributed by atoms with Gasteiger partial charge in [-0.2, -0.15) is 0 Å². The van der Waals surface area contributed by atoms with Gasteiger partial charge in [-0.25, -0.2) is 0 Å². The zero-order valence-corrected chi connectivity index (χ0v) is 11.1. The van der Waals surface area contributed by atoms with E-state index in [4.69, 9.17) is 13.9 Å². The van der Waals surface area contributed by atoms with Gasteiger partial charge in [-0.1, -0.05) is 6.07 Å². The van der Waals surface area contributed by atoms with Gasteiger partial charge in [0.05, 0.1) is 6.26 Å². The lowest BCUT2D eigenvalue weighted by Gasteiger charge is -2.18. The van der Waals surface area contributed by atoms with Crippen LogP contribution in [-0.4, -0.2) is 19.1 Å². The van der Waals surface area contributed by atoms with Crippen LogP contribution < -0.4 is 14.8 Å². The summed E-state index contributed by atoms with van der Waals surface area (Å²) in [4.78, 5) is 11.9. The molecule has 2 aromatic rings. The van der Waals surface area contributed by atoms with Crippen LogP contribution >= 0.6 is 0 Å². The molecule has 0 unspecified atom stereocenters. The average molecular weight is 273 g/mol. The zero-order valence-electron chi connectivity index (χ0n) is 11.1. The zero-order chi connectivity index (χ0) is 13.9. The van der Waals surface area contributed by atoms with Crippen molar-refractivity contribution in [3.8, 4) is 11.5 Å². The van der Waals surface area contributed by atoms with Crippen molar-refractivity contribution >= 4 is 5.91 Å². The van der Waals surface area contributed by atoms with Gasteiger partial charge in [0.15, 0.2) is 17.3 Å². The molecule has 5 heteroatoms. The highest BCUT2D eigenvalue weighted by atomic mass is 16.6. The standard InChI is InChI=1S/C15H15NO4/c1-10-4-5-20-14(10)15(17)16-9-11-2-3-12-13(8-11)19-7-6-18-12/h2-5,8H,6-7,9H2,1H3,(H,16,17). The summed E-state index contributed by atoms with van der Waals surface area (Å²) in [5.74, 6) is 1.59. The van der Waals surface area contributed by atoms with E-state index >= 15 is 0 Å². The Hall–Kier alpha value is -2.43.